The highest BCUT2D eigenvalue weighted by Crippen LogP contribution is 2.32. The zero-order chi connectivity index (χ0) is 15.3. The van der Waals surface area contributed by atoms with Crippen molar-refractivity contribution < 1.29 is 0 Å². The Morgan fingerprint density at radius 3 is 2.76 bits per heavy atom. The first-order chi connectivity index (χ1) is 10.0. The summed E-state index contributed by atoms with van der Waals surface area (Å²) in [5.41, 5.74) is 2.95. The van der Waals surface area contributed by atoms with Crippen LogP contribution >= 0.6 is 11.6 Å². The van der Waals surface area contributed by atoms with Gasteiger partial charge in [-0.2, -0.15) is 0 Å². The zero-order valence-corrected chi connectivity index (χ0v) is 14.5. The molecule has 0 spiro atoms. The van der Waals surface area contributed by atoms with E-state index in [9.17, 15) is 0 Å². The third-order valence-electron chi connectivity index (χ3n) is 4.48. The van der Waals surface area contributed by atoms with Crippen LogP contribution in [0.1, 0.15) is 52.0 Å². The fourth-order valence-corrected chi connectivity index (χ4v) is 3.20. The van der Waals surface area contributed by atoms with E-state index in [4.69, 9.17) is 11.6 Å². The fraction of sp³-hybridized carbons (Fsp3) is 0.667. The summed E-state index contributed by atoms with van der Waals surface area (Å²) in [6.45, 7) is 11.1. The van der Waals surface area contributed by atoms with Gasteiger partial charge in [0, 0.05) is 30.3 Å². The summed E-state index contributed by atoms with van der Waals surface area (Å²) in [6, 6.07) is 6.55. The molecule has 1 N–H and O–H groups in total. The van der Waals surface area contributed by atoms with Gasteiger partial charge in [0.2, 0.25) is 0 Å². The molecule has 0 aromatic heterocycles. The number of hydrogen-bond acceptors (Lipinski definition) is 2. The molecule has 0 atom stereocenters. The second kappa shape index (κ2) is 7.51. The van der Waals surface area contributed by atoms with Crippen LogP contribution in [0.3, 0.4) is 0 Å². The summed E-state index contributed by atoms with van der Waals surface area (Å²) in [6.07, 6.45) is 4.99. The van der Waals surface area contributed by atoms with Crippen molar-refractivity contribution in [3.63, 3.8) is 0 Å². The average molecular weight is 309 g/mol. The molecule has 0 aliphatic carbocycles. The highest BCUT2D eigenvalue weighted by atomic mass is 35.5. The van der Waals surface area contributed by atoms with Gasteiger partial charge in [-0.3, -0.25) is 0 Å². The first-order valence-electron chi connectivity index (χ1n) is 8.26. The highest BCUT2D eigenvalue weighted by Gasteiger charge is 2.23. The number of halogens is 1. The van der Waals surface area contributed by atoms with Gasteiger partial charge in [-0.15, -0.1) is 0 Å². The molecular formula is C18H29ClN2. The number of anilines is 1. The van der Waals surface area contributed by atoms with Gasteiger partial charge in [-0.1, -0.05) is 38.4 Å². The first kappa shape index (κ1) is 16.6. The molecule has 118 valence electrons. The van der Waals surface area contributed by atoms with Crippen LogP contribution in [0.4, 0.5) is 5.69 Å². The molecule has 0 amide bonds. The molecule has 2 rings (SSSR count). The maximum Gasteiger partial charge on any atom is 0.0471 e. The van der Waals surface area contributed by atoms with Gasteiger partial charge in [-0.05, 0) is 55.3 Å². The maximum atomic E-state index is 6.46. The van der Waals surface area contributed by atoms with E-state index in [0.717, 1.165) is 37.6 Å². The SMILES string of the molecule is CCCNCc1ccc(N2CCCC(C)(C)CC2)cc1Cl. The lowest BCUT2D eigenvalue weighted by atomic mass is 9.85. The van der Waals surface area contributed by atoms with E-state index in [1.807, 2.05) is 0 Å². The van der Waals surface area contributed by atoms with Gasteiger partial charge in [-0.25, -0.2) is 0 Å². The van der Waals surface area contributed by atoms with Crippen molar-refractivity contribution in [1.82, 2.24) is 5.32 Å². The van der Waals surface area contributed by atoms with Gasteiger partial charge < -0.3 is 10.2 Å². The molecule has 0 unspecified atom stereocenters. The van der Waals surface area contributed by atoms with E-state index in [0.29, 0.717) is 5.41 Å². The summed E-state index contributed by atoms with van der Waals surface area (Å²) < 4.78 is 0. The van der Waals surface area contributed by atoms with E-state index < -0.39 is 0 Å². The van der Waals surface area contributed by atoms with E-state index in [1.165, 1.54) is 30.5 Å². The summed E-state index contributed by atoms with van der Waals surface area (Å²) >= 11 is 6.46. The smallest absolute Gasteiger partial charge is 0.0471 e. The molecule has 0 bridgehead atoms. The van der Waals surface area contributed by atoms with Crippen LogP contribution < -0.4 is 10.2 Å². The molecule has 21 heavy (non-hydrogen) atoms. The van der Waals surface area contributed by atoms with Crippen LogP contribution in [-0.4, -0.2) is 19.6 Å². The second-order valence-electron chi connectivity index (χ2n) is 6.96. The predicted octanol–water partition coefficient (Wildman–Crippen LogP) is 4.86. The molecule has 3 heteroatoms. The lowest BCUT2D eigenvalue weighted by Crippen LogP contribution is -2.25. The second-order valence-corrected chi connectivity index (χ2v) is 7.36. The Bertz CT molecular complexity index is 457. The minimum atomic E-state index is 0.475. The van der Waals surface area contributed by atoms with Gasteiger partial charge in [0.25, 0.3) is 0 Å². The van der Waals surface area contributed by atoms with E-state index in [1.54, 1.807) is 0 Å². The molecule has 0 saturated carbocycles. The summed E-state index contributed by atoms with van der Waals surface area (Å²) in [7, 11) is 0. The van der Waals surface area contributed by atoms with Gasteiger partial charge in [0.05, 0.1) is 0 Å². The molecule has 1 fully saturated rings. The lowest BCUT2D eigenvalue weighted by Gasteiger charge is -2.25. The molecule has 1 aromatic carbocycles. The Balaban J connectivity index is 2.02. The Hall–Kier alpha value is -0.730. The van der Waals surface area contributed by atoms with Crippen molar-refractivity contribution in [1.29, 1.82) is 0 Å². The Kier molecular flexibility index (Phi) is 5.95. The number of nitrogens with zero attached hydrogens (tertiary/aromatic N) is 1. The molecule has 1 aromatic rings. The van der Waals surface area contributed by atoms with E-state index >= 15 is 0 Å². The number of nitrogens with one attached hydrogen (secondary N) is 1. The average Bonchev–Trinajstić information content (AvgIpc) is 2.62. The Labute approximate surface area is 134 Å². The predicted molar refractivity (Wildman–Crippen MR) is 93.3 cm³/mol. The summed E-state index contributed by atoms with van der Waals surface area (Å²) in [5.74, 6) is 0. The number of hydrogen-bond donors (Lipinski definition) is 1. The van der Waals surface area contributed by atoms with E-state index in [2.05, 4.69) is 49.2 Å². The zero-order valence-electron chi connectivity index (χ0n) is 13.7. The molecule has 1 saturated heterocycles. The third kappa shape index (κ3) is 4.89. The maximum absolute atomic E-state index is 6.46. The summed E-state index contributed by atoms with van der Waals surface area (Å²) in [4.78, 5) is 2.49. The summed E-state index contributed by atoms with van der Waals surface area (Å²) in [5, 5.41) is 4.30. The van der Waals surface area contributed by atoms with Crippen LogP contribution in [0, 0.1) is 5.41 Å². The number of benzene rings is 1. The topological polar surface area (TPSA) is 15.3 Å². The van der Waals surface area contributed by atoms with Crippen LogP contribution in [0.25, 0.3) is 0 Å². The van der Waals surface area contributed by atoms with Crippen LogP contribution in [0.5, 0.6) is 0 Å². The Morgan fingerprint density at radius 2 is 2.05 bits per heavy atom. The van der Waals surface area contributed by atoms with Gasteiger partial charge >= 0.3 is 0 Å². The molecule has 1 aliphatic heterocycles. The van der Waals surface area contributed by atoms with Gasteiger partial charge in [0.1, 0.15) is 0 Å². The third-order valence-corrected chi connectivity index (χ3v) is 4.84. The minimum Gasteiger partial charge on any atom is -0.371 e. The van der Waals surface area contributed by atoms with Crippen molar-refractivity contribution in [3.8, 4) is 0 Å². The molecule has 1 heterocycles. The molecular weight excluding hydrogens is 280 g/mol. The molecule has 2 nitrogen and oxygen atoms in total. The van der Waals surface area contributed by atoms with Crippen LogP contribution in [0.2, 0.25) is 5.02 Å². The quantitative estimate of drug-likeness (QED) is 0.782. The molecule has 1 aliphatic rings. The standard InChI is InChI=1S/C18H29ClN2/c1-4-10-20-14-15-6-7-16(13-17(15)19)21-11-5-8-18(2,3)9-12-21/h6-7,13,20H,4-5,8-12,14H2,1-3H3. The van der Waals surface area contributed by atoms with Crippen molar-refractivity contribution in [2.45, 2.75) is 53.0 Å². The molecule has 0 radical (unpaired) electrons. The van der Waals surface area contributed by atoms with Crippen LogP contribution in [-0.2, 0) is 6.54 Å². The Morgan fingerprint density at radius 1 is 1.24 bits per heavy atom. The first-order valence-corrected chi connectivity index (χ1v) is 8.64. The van der Waals surface area contributed by atoms with Crippen molar-refractivity contribution in [2.24, 2.45) is 5.41 Å². The van der Waals surface area contributed by atoms with Crippen molar-refractivity contribution in [2.75, 3.05) is 24.5 Å². The number of rotatable bonds is 5. The normalized spacial score (nSPS) is 18.6. The largest absolute Gasteiger partial charge is 0.371 e. The van der Waals surface area contributed by atoms with Crippen LogP contribution in [0.15, 0.2) is 18.2 Å². The fourth-order valence-electron chi connectivity index (χ4n) is 2.96. The minimum absolute atomic E-state index is 0.475. The highest BCUT2D eigenvalue weighted by molar-refractivity contribution is 6.31. The monoisotopic (exact) mass is 308 g/mol. The van der Waals surface area contributed by atoms with Crippen molar-refractivity contribution >= 4 is 17.3 Å². The van der Waals surface area contributed by atoms with Crippen molar-refractivity contribution in [3.05, 3.63) is 28.8 Å². The van der Waals surface area contributed by atoms with Gasteiger partial charge in [0.15, 0.2) is 0 Å². The lowest BCUT2D eigenvalue weighted by molar-refractivity contribution is 0.325. The van der Waals surface area contributed by atoms with E-state index in [-0.39, 0.29) is 0 Å².